The normalized spacial score (nSPS) is 11.9. The first-order valence-electron chi connectivity index (χ1n) is 21.4. The number of carbonyl (C=O) groups is 3. The van der Waals surface area contributed by atoms with Crippen LogP contribution in [0.3, 0.4) is 0 Å². The molecule has 290 valence electrons. The van der Waals surface area contributed by atoms with E-state index in [1.54, 1.807) is 0 Å². The number of unbranched alkanes of at least 4 members (excludes halogenated alkanes) is 25. The molecule has 0 rings (SSSR count). The Morgan fingerprint density at radius 3 is 1.00 bits per heavy atom. The van der Waals surface area contributed by atoms with Crippen LogP contribution in [-0.4, -0.2) is 37.2 Å². The highest BCUT2D eigenvalue weighted by molar-refractivity contribution is 5.71. The molecule has 6 nitrogen and oxygen atoms in total. The Morgan fingerprint density at radius 1 is 0.388 bits per heavy atom. The van der Waals surface area contributed by atoms with E-state index in [0.29, 0.717) is 19.3 Å². The largest absolute Gasteiger partial charge is 0.462 e. The summed E-state index contributed by atoms with van der Waals surface area (Å²) >= 11 is 0. The lowest BCUT2D eigenvalue weighted by Gasteiger charge is -2.18. The van der Waals surface area contributed by atoms with Crippen molar-refractivity contribution in [3.63, 3.8) is 0 Å². The van der Waals surface area contributed by atoms with Crippen LogP contribution in [0, 0.1) is 5.92 Å². The summed E-state index contributed by atoms with van der Waals surface area (Å²) in [6.45, 7) is 8.86. The third kappa shape index (κ3) is 37.5. The highest BCUT2D eigenvalue weighted by Crippen LogP contribution is 2.16. The number of rotatable bonds is 38. The van der Waals surface area contributed by atoms with Gasteiger partial charge in [-0.05, 0) is 25.2 Å². The number of hydrogen-bond acceptors (Lipinski definition) is 6. The average molecular weight is 695 g/mol. The van der Waals surface area contributed by atoms with Crippen LogP contribution in [0.5, 0.6) is 0 Å². The summed E-state index contributed by atoms with van der Waals surface area (Å²) in [5.74, 6) is -0.0930. The zero-order valence-electron chi connectivity index (χ0n) is 33.1. The van der Waals surface area contributed by atoms with Crippen molar-refractivity contribution >= 4 is 17.9 Å². The molecular formula is C43H82O6. The maximum absolute atomic E-state index is 12.6. The van der Waals surface area contributed by atoms with Crippen molar-refractivity contribution in [1.29, 1.82) is 0 Å². The second kappa shape index (κ2) is 37.7. The molecule has 0 bridgehead atoms. The Kier molecular flexibility index (Phi) is 36.4. The van der Waals surface area contributed by atoms with Gasteiger partial charge < -0.3 is 14.2 Å². The molecule has 0 aliphatic carbocycles. The second-order valence-electron chi connectivity index (χ2n) is 15.1. The zero-order valence-corrected chi connectivity index (χ0v) is 33.1. The number of esters is 3. The van der Waals surface area contributed by atoms with Crippen molar-refractivity contribution in [3.8, 4) is 0 Å². The summed E-state index contributed by atoms with van der Waals surface area (Å²) in [6, 6.07) is 0. The number of hydrogen-bond donors (Lipinski definition) is 0. The number of carbonyl (C=O) groups excluding carboxylic acids is 3. The van der Waals surface area contributed by atoms with Crippen LogP contribution in [0.2, 0.25) is 0 Å². The Morgan fingerprint density at radius 2 is 0.673 bits per heavy atom. The Bertz CT molecular complexity index is 736. The van der Waals surface area contributed by atoms with Crippen LogP contribution in [0.15, 0.2) is 0 Å². The Hall–Kier alpha value is -1.59. The van der Waals surface area contributed by atoms with Gasteiger partial charge in [-0.25, -0.2) is 0 Å². The van der Waals surface area contributed by atoms with Gasteiger partial charge in [-0.1, -0.05) is 195 Å². The van der Waals surface area contributed by atoms with Crippen molar-refractivity contribution in [2.24, 2.45) is 5.92 Å². The van der Waals surface area contributed by atoms with Crippen molar-refractivity contribution in [2.45, 2.75) is 239 Å². The van der Waals surface area contributed by atoms with Gasteiger partial charge in [0.1, 0.15) is 13.2 Å². The summed E-state index contributed by atoms with van der Waals surface area (Å²) < 4.78 is 16.6. The lowest BCUT2D eigenvalue weighted by Crippen LogP contribution is -2.30. The van der Waals surface area contributed by atoms with E-state index in [2.05, 4.69) is 27.7 Å². The summed E-state index contributed by atoms with van der Waals surface area (Å²) in [7, 11) is 0. The van der Waals surface area contributed by atoms with Crippen LogP contribution in [0.1, 0.15) is 233 Å². The minimum absolute atomic E-state index is 0.0663. The van der Waals surface area contributed by atoms with E-state index in [1.165, 1.54) is 122 Å². The lowest BCUT2D eigenvalue weighted by atomic mass is 10.0. The summed E-state index contributed by atoms with van der Waals surface area (Å²) in [6.07, 6.45) is 35.5. The van der Waals surface area contributed by atoms with Gasteiger partial charge in [0, 0.05) is 19.3 Å². The first-order chi connectivity index (χ1) is 23.9. The maximum Gasteiger partial charge on any atom is 0.306 e. The van der Waals surface area contributed by atoms with Crippen LogP contribution < -0.4 is 0 Å². The molecule has 6 heteroatoms. The van der Waals surface area contributed by atoms with Gasteiger partial charge in [0.15, 0.2) is 6.10 Å². The molecule has 0 fully saturated rings. The van der Waals surface area contributed by atoms with Crippen LogP contribution in [0.25, 0.3) is 0 Å². The molecule has 0 aromatic heterocycles. The molecule has 0 aliphatic rings. The molecule has 0 aliphatic heterocycles. The molecule has 0 aromatic carbocycles. The zero-order chi connectivity index (χ0) is 36.0. The van der Waals surface area contributed by atoms with Crippen LogP contribution in [0.4, 0.5) is 0 Å². The first-order valence-corrected chi connectivity index (χ1v) is 21.4. The fraction of sp³-hybridized carbons (Fsp3) is 0.930. The van der Waals surface area contributed by atoms with Gasteiger partial charge in [-0.15, -0.1) is 0 Å². The molecule has 0 spiro atoms. The fourth-order valence-electron chi connectivity index (χ4n) is 6.27. The van der Waals surface area contributed by atoms with Gasteiger partial charge >= 0.3 is 17.9 Å². The van der Waals surface area contributed by atoms with E-state index in [0.717, 1.165) is 70.1 Å². The molecule has 0 heterocycles. The van der Waals surface area contributed by atoms with Gasteiger partial charge in [0.2, 0.25) is 0 Å². The molecule has 0 saturated heterocycles. The highest BCUT2D eigenvalue weighted by atomic mass is 16.6. The predicted octanol–water partition coefficient (Wildman–Crippen LogP) is 13.2. The van der Waals surface area contributed by atoms with Gasteiger partial charge in [-0.2, -0.15) is 0 Å². The quantitative estimate of drug-likeness (QED) is 0.0364. The summed E-state index contributed by atoms with van der Waals surface area (Å²) in [5, 5.41) is 0. The van der Waals surface area contributed by atoms with Gasteiger partial charge in [0.25, 0.3) is 0 Å². The lowest BCUT2D eigenvalue weighted by molar-refractivity contribution is -0.167. The fourth-order valence-corrected chi connectivity index (χ4v) is 6.27. The molecule has 0 N–H and O–H groups in total. The highest BCUT2D eigenvalue weighted by Gasteiger charge is 2.19. The van der Waals surface area contributed by atoms with Gasteiger partial charge in [-0.3, -0.25) is 14.4 Å². The molecule has 1 atom stereocenters. The van der Waals surface area contributed by atoms with E-state index in [9.17, 15) is 14.4 Å². The van der Waals surface area contributed by atoms with Gasteiger partial charge in [0.05, 0.1) is 0 Å². The minimum atomic E-state index is -0.757. The van der Waals surface area contributed by atoms with Crippen LogP contribution in [-0.2, 0) is 28.6 Å². The Balaban J connectivity index is 4.19. The monoisotopic (exact) mass is 695 g/mol. The molecule has 0 unspecified atom stereocenters. The van der Waals surface area contributed by atoms with Crippen molar-refractivity contribution < 1.29 is 28.6 Å². The van der Waals surface area contributed by atoms with E-state index in [1.807, 2.05) is 0 Å². The predicted molar refractivity (Wildman–Crippen MR) is 206 cm³/mol. The molecule has 0 saturated carbocycles. The van der Waals surface area contributed by atoms with Crippen molar-refractivity contribution in [3.05, 3.63) is 0 Å². The standard InChI is InChI=1S/C43H82O6/c1-5-7-9-11-12-13-14-15-16-17-18-19-20-23-28-32-36-43(46)49-40(37-47-41(44)34-30-25-10-8-6-2)38-48-42(45)35-31-27-24-21-22-26-29-33-39(3)4/h39-40H,5-38H2,1-4H3/t40-/m1/s1. The smallest absolute Gasteiger partial charge is 0.306 e. The third-order valence-electron chi connectivity index (χ3n) is 9.54. The Labute approximate surface area is 304 Å². The van der Waals surface area contributed by atoms with E-state index < -0.39 is 6.10 Å². The maximum atomic E-state index is 12.6. The van der Waals surface area contributed by atoms with E-state index in [-0.39, 0.29) is 31.1 Å². The van der Waals surface area contributed by atoms with Crippen molar-refractivity contribution in [1.82, 2.24) is 0 Å². The SMILES string of the molecule is CCCCCCCCCCCCCCCCCCC(=O)O[C@H](COC(=O)CCCCCCC)COC(=O)CCCCCCCCCC(C)C. The van der Waals surface area contributed by atoms with Crippen LogP contribution >= 0.6 is 0 Å². The second-order valence-corrected chi connectivity index (χ2v) is 15.1. The molecule has 0 aromatic rings. The summed E-state index contributed by atoms with van der Waals surface area (Å²) in [5.41, 5.74) is 0. The molecule has 0 amide bonds. The molecule has 0 radical (unpaired) electrons. The minimum Gasteiger partial charge on any atom is -0.462 e. The topological polar surface area (TPSA) is 78.9 Å². The average Bonchev–Trinajstić information content (AvgIpc) is 3.08. The molecular weight excluding hydrogens is 612 g/mol. The molecule has 49 heavy (non-hydrogen) atoms. The first kappa shape index (κ1) is 47.4. The number of ether oxygens (including phenoxy) is 3. The van der Waals surface area contributed by atoms with E-state index in [4.69, 9.17) is 14.2 Å². The van der Waals surface area contributed by atoms with E-state index >= 15 is 0 Å². The third-order valence-corrected chi connectivity index (χ3v) is 9.54. The summed E-state index contributed by atoms with van der Waals surface area (Å²) in [4.78, 5) is 37.3. The van der Waals surface area contributed by atoms with Crippen molar-refractivity contribution in [2.75, 3.05) is 13.2 Å².